The summed E-state index contributed by atoms with van der Waals surface area (Å²) in [6, 6.07) is 9.39. The number of aromatic amines is 1. The number of H-pyrrole nitrogens is 1. The lowest BCUT2D eigenvalue weighted by molar-refractivity contribution is 0.111. The van der Waals surface area contributed by atoms with Crippen molar-refractivity contribution in [3.8, 4) is 0 Å². The van der Waals surface area contributed by atoms with E-state index in [1.54, 1.807) is 18.2 Å². The number of aromatic nitrogens is 1. The molecule has 0 unspecified atom stereocenters. The van der Waals surface area contributed by atoms with E-state index in [0.29, 0.717) is 6.29 Å². The molecule has 5 heteroatoms. The third-order valence-electron chi connectivity index (χ3n) is 2.20. The fraction of sp³-hybridized carbons (Fsp3) is 0. The van der Waals surface area contributed by atoms with Gasteiger partial charge in [-0.15, -0.1) is 0 Å². The highest BCUT2D eigenvalue weighted by Gasteiger charge is 2.21. The molecule has 4 nitrogen and oxygen atoms in total. The number of hydrogen-bond acceptors (Lipinski definition) is 3. The van der Waals surface area contributed by atoms with Crippen molar-refractivity contribution in [1.29, 1.82) is 0 Å². The van der Waals surface area contributed by atoms with Gasteiger partial charge in [0, 0.05) is 6.20 Å². The van der Waals surface area contributed by atoms with Gasteiger partial charge in [-0.25, -0.2) is 8.42 Å². The number of rotatable bonds is 3. The van der Waals surface area contributed by atoms with Crippen LogP contribution in [0.2, 0.25) is 0 Å². The van der Waals surface area contributed by atoms with Gasteiger partial charge in [-0.3, -0.25) is 4.79 Å². The Morgan fingerprint density at radius 1 is 1.06 bits per heavy atom. The highest BCUT2D eigenvalue weighted by molar-refractivity contribution is 7.91. The zero-order chi connectivity index (χ0) is 11.6. The first-order valence-corrected chi connectivity index (χ1v) is 6.07. The van der Waals surface area contributed by atoms with Gasteiger partial charge in [0.15, 0.2) is 6.29 Å². The number of carbonyl (C=O) groups excluding carboxylic acids is 1. The van der Waals surface area contributed by atoms with E-state index in [2.05, 4.69) is 4.98 Å². The summed E-state index contributed by atoms with van der Waals surface area (Å²) in [5.74, 6) is 0. The number of aldehydes is 1. The molecule has 1 N–H and O–H groups in total. The summed E-state index contributed by atoms with van der Waals surface area (Å²) in [5.41, 5.74) is 0.0730. The molecule has 0 bridgehead atoms. The molecule has 1 aromatic carbocycles. The molecule has 2 rings (SSSR count). The summed E-state index contributed by atoms with van der Waals surface area (Å²) in [6.07, 6.45) is 1.93. The average molecular weight is 235 g/mol. The lowest BCUT2D eigenvalue weighted by Gasteiger charge is -2.02. The summed E-state index contributed by atoms with van der Waals surface area (Å²) >= 11 is 0. The zero-order valence-corrected chi connectivity index (χ0v) is 9.07. The van der Waals surface area contributed by atoms with Gasteiger partial charge in [-0.1, -0.05) is 18.2 Å². The SMILES string of the molecule is O=Cc1[nH]ccc1S(=O)(=O)c1ccccc1. The second-order valence-corrected chi connectivity index (χ2v) is 5.11. The summed E-state index contributed by atoms with van der Waals surface area (Å²) in [6.45, 7) is 0. The van der Waals surface area contributed by atoms with E-state index in [0.717, 1.165) is 0 Å². The standard InChI is InChI=1S/C11H9NO3S/c13-8-10-11(6-7-12-10)16(14,15)9-4-2-1-3-5-9/h1-8,12H. The molecule has 0 saturated heterocycles. The minimum atomic E-state index is -3.60. The second-order valence-electron chi connectivity index (χ2n) is 3.19. The molecule has 1 heterocycles. The van der Waals surface area contributed by atoms with Crippen LogP contribution in [0, 0.1) is 0 Å². The maximum atomic E-state index is 12.1. The topological polar surface area (TPSA) is 67.0 Å². The van der Waals surface area contributed by atoms with E-state index < -0.39 is 9.84 Å². The molecule has 0 aliphatic carbocycles. The van der Waals surface area contributed by atoms with Gasteiger partial charge in [0.2, 0.25) is 9.84 Å². The Bertz CT molecular complexity index is 599. The first-order valence-electron chi connectivity index (χ1n) is 4.59. The molecule has 0 aliphatic rings. The van der Waals surface area contributed by atoms with Gasteiger partial charge in [0.05, 0.1) is 15.5 Å². The van der Waals surface area contributed by atoms with E-state index in [9.17, 15) is 13.2 Å². The van der Waals surface area contributed by atoms with E-state index in [1.807, 2.05) is 0 Å². The smallest absolute Gasteiger partial charge is 0.208 e. The molecule has 0 fully saturated rings. The molecule has 2 aromatic rings. The monoisotopic (exact) mass is 235 g/mol. The van der Waals surface area contributed by atoms with Crippen LogP contribution in [0.5, 0.6) is 0 Å². The molecule has 1 aromatic heterocycles. The number of carbonyl (C=O) groups is 1. The highest BCUT2D eigenvalue weighted by Crippen LogP contribution is 2.22. The van der Waals surface area contributed by atoms with Crippen molar-refractivity contribution < 1.29 is 13.2 Å². The van der Waals surface area contributed by atoms with Crippen molar-refractivity contribution in [2.24, 2.45) is 0 Å². The molecule has 0 amide bonds. The lowest BCUT2D eigenvalue weighted by atomic mass is 10.4. The number of sulfone groups is 1. The van der Waals surface area contributed by atoms with Gasteiger partial charge in [-0.2, -0.15) is 0 Å². The fourth-order valence-corrected chi connectivity index (χ4v) is 2.83. The van der Waals surface area contributed by atoms with Crippen LogP contribution in [0.3, 0.4) is 0 Å². The van der Waals surface area contributed by atoms with E-state index in [1.165, 1.54) is 24.4 Å². The van der Waals surface area contributed by atoms with Crippen LogP contribution in [0.4, 0.5) is 0 Å². The summed E-state index contributed by atoms with van der Waals surface area (Å²) in [5, 5.41) is 0. The molecule has 16 heavy (non-hydrogen) atoms. The van der Waals surface area contributed by atoms with E-state index in [4.69, 9.17) is 0 Å². The molecule has 0 radical (unpaired) electrons. The summed E-state index contributed by atoms with van der Waals surface area (Å²) in [4.78, 5) is 13.4. The first kappa shape index (κ1) is 10.6. The minimum Gasteiger partial charge on any atom is -0.358 e. The van der Waals surface area contributed by atoms with Crippen molar-refractivity contribution in [3.63, 3.8) is 0 Å². The van der Waals surface area contributed by atoms with Crippen molar-refractivity contribution in [3.05, 3.63) is 48.3 Å². The van der Waals surface area contributed by atoms with Crippen LogP contribution in [-0.2, 0) is 9.84 Å². The number of hydrogen-bond donors (Lipinski definition) is 1. The van der Waals surface area contributed by atoms with Crippen molar-refractivity contribution >= 4 is 16.1 Å². The Kier molecular flexibility index (Phi) is 2.62. The molecule has 0 aliphatic heterocycles. The number of benzene rings is 1. The lowest BCUT2D eigenvalue weighted by Crippen LogP contribution is -2.03. The predicted molar refractivity (Wildman–Crippen MR) is 58.1 cm³/mol. The third kappa shape index (κ3) is 1.65. The molecule has 82 valence electrons. The average Bonchev–Trinajstić information content (AvgIpc) is 2.79. The third-order valence-corrected chi connectivity index (χ3v) is 4.03. The van der Waals surface area contributed by atoms with Gasteiger partial charge in [-0.05, 0) is 18.2 Å². The zero-order valence-electron chi connectivity index (χ0n) is 8.25. The van der Waals surface area contributed by atoms with Crippen LogP contribution in [-0.4, -0.2) is 19.7 Å². The van der Waals surface area contributed by atoms with Gasteiger partial charge in [0.1, 0.15) is 0 Å². The quantitative estimate of drug-likeness (QED) is 0.823. The molecule has 0 saturated carbocycles. The molecule has 0 atom stereocenters. The van der Waals surface area contributed by atoms with Gasteiger partial charge >= 0.3 is 0 Å². The minimum absolute atomic E-state index is 0.00806. The van der Waals surface area contributed by atoms with E-state index >= 15 is 0 Å². The highest BCUT2D eigenvalue weighted by atomic mass is 32.2. The Labute approximate surface area is 92.8 Å². The van der Waals surface area contributed by atoms with Crippen molar-refractivity contribution in [1.82, 2.24) is 4.98 Å². The summed E-state index contributed by atoms with van der Waals surface area (Å²) < 4.78 is 24.2. The normalized spacial score (nSPS) is 11.2. The van der Waals surface area contributed by atoms with Crippen LogP contribution in [0.1, 0.15) is 10.5 Å². The van der Waals surface area contributed by atoms with Crippen LogP contribution in [0.15, 0.2) is 52.4 Å². The Morgan fingerprint density at radius 3 is 2.38 bits per heavy atom. The van der Waals surface area contributed by atoms with Crippen LogP contribution < -0.4 is 0 Å². The predicted octanol–water partition coefficient (Wildman–Crippen LogP) is 1.66. The maximum Gasteiger partial charge on any atom is 0.208 e. The fourth-order valence-electron chi connectivity index (χ4n) is 1.42. The van der Waals surface area contributed by atoms with Crippen LogP contribution >= 0.6 is 0 Å². The van der Waals surface area contributed by atoms with Crippen molar-refractivity contribution in [2.45, 2.75) is 9.79 Å². The maximum absolute atomic E-state index is 12.1. The summed E-state index contributed by atoms with van der Waals surface area (Å²) in [7, 11) is -3.60. The molecular weight excluding hydrogens is 226 g/mol. The second kappa shape index (κ2) is 3.94. The van der Waals surface area contributed by atoms with Gasteiger partial charge < -0.3 is 4.98 Å². The van der Waals surface area contributed by atoms with Crippen LogP contribution in [0.25, 0.3) is 0 Å². The first-order chi connectivity index (χ1) is 7.66. The Hall–Kier alpha value is -1.88. The molecular formula is C11H9NO3S. The Balaban J connectivity index is 2.61. The number of nitrogens with one attached hydrogen (secondary N) is 1. The van der Waals surface area contributed by atoms with Gasteiger partial charge in [0.25, 0.3) is 0 Å². The largest absolute Gasteiger partial charge is 0.358 e. The van der Waals surface area contributed by atoms with Crippen molar-refractivity contribution in [2.75, 3.05) is 0 Å². The Morgan fingerprint density at radius 2 is 1.75 bits per heavy atom. The molecule has 0 spiro atoms. The van der Waals surface area contributed by atoms with E-state index in [-0.39, 0.29) is 15.5 Å².